The number of halogens is 1. The quantitative estimate of drug-likeness (QED) is 0.263. The van der Waals surface area contributed by atoms with Crippen LogP contribution in [-0.2, 0) is 0 Å². The van der Waals surface area contributed by atoms with Crippen LogP contribution in [-0.4, -0.2) is 0 Å². The number of hydrogen-bond acceptors (Lipinski definition) is 1. The molecule has 2 fully saturated rings. The standard InChI is InChI=1S/C27H34FN/c28-27-19-17-26(18-20-27)25-15-13-24(14-16-25)12-11-23-9-7-22(8-10-23)6-4-2-1-3-5-21-29/h1-3,5,11-12,17-20,22-25H,4,6-10,13-16H2/b2-1?,5-3?,12-11+. The van der Waals surface area contributed by atoms with Crippen LogP contribution in [0.25, 0.3) is 0 Å². The number of allylic oxidation sites excluding steroid dienone is 6. The van der Waals surface area contributed by atoms with Crippen molar-refractivity contribution in [3.63, 3.8) is 0 Å². The van der Waals surface area contributed by atoms with Crippen LogP contribution in [0.15, 0.2) is 60.7 Å². The Hall–Kier alpha value is -2.14. The summed E-state index contributed by atoms with van der Waals surface area (Å²) in [5.74, 6) is 2.85. The van der Waals surface area contributed by atoms with E-state index in [-0.39, 0.29) is 5.82 Å². The largest absolute Gasteiger partial charge is 0.207 e. The van der Waals surface area contributed by atoms with Crippen LogP contribution in [0.1, 0.15) is 75.7 Å². The lowest BCUT2D eigenvalue weighted by Gasteiger charge is -2.29. The van der Waals surface area contributed by atoms with Gasteiger partial charge in [0.05, 0.1) is 6.07 Å². The fraction of sp³-hybridized carbons (Fsp3) is 0.519. The second kappa shape index (κ2) is 11.8. The SMILES string of the molecule is N#CC=CC=CCCC1CCC(/C=C/C2CCC(c3ccc(F)cc3)CC2)CC1. The third-order valence-corrected chi connectivity index (χ3v) is 6.82. The summed E-state index contributed by atoms with van der Waals surface area (Å²) in [6, 6.07) is 9.13. The second-order valence-electron chi connectivity index (χ2n) is 8.82. The zero-order valence-electron chi connectivity index (χ0n) is 17.5. The van der Waals surface area contributed by atoms with Gasteiger partial charge in [-0.1, -0.05) is 42.5 Å². The van der Waals surface area contributed by atoms with Gasteiger partial charge in [-0.3, -0.25) is 0 Å². The van der Waals surface area contributed by atoms with Gasteiger partial charge < -0.3 is 0 Å². The molecule has 0 spiro atoms. The topological polar surface area (TPSA) is 23.8 Å². The summed E-state index contributed by atoms with van der Waals surface area (Å²) in [6.45, 7) is 0. The summed E-state index contributed by atoms with van der Waals surface area (Å²) in [5, 5.41) is 8.46. The molecule has 0 unspecified atom stereocenters. The molecule has 0 atom stereocenters. The monoisotopic (exact) mass is 391 g/mol. The number of benzene rings is 1. The predicted molar refractivity (Wildman–Crippen MR) is 119 cm³/mol. The van der Waals surface area contributed by atoms with Gasteiger partial charge in [-0.05, 0) is 106 Å². The maximum absolute atomic E-state index is 13.1. The molecule has 154 valence electrons. The number of nitriles is 1. The Kier molecular flexibility index (Phi) is 8.75. The second-order valence-corrected chi connectivity index (χ2v) is 8.82. The first kappa shape index (κ1) is 21.6. The van der Waals surface area contributed by atoms with Crippen LogP contribution in [0, 0.1) is 34.9 Å². The minimum Gasteiger partial charge on any atom is -0.207 e. The Morgan fingerprint density at radius 2 is 1.48 bits per heavy atom. The zero-order chi connectivity index (χ0) is 20.3. The molecule has 0 bridgehead atoms. The Balaban J connectivity index is 1.33. The molecular weight excluding hydrogens is 357 g/mol. The van der Waals surface area contributed by atoms with Crippen LogP contribution in [0.2, 0.25) is 0 Å². The van der Waals surface area contributed by atoms with Crippen LogP contribution >= 0.6 is 0 Å². The molecule has 0 saturated heterocycles. The van der Waals surface area contributed by atoms with E-state index in [2.05, 4.69) is 18.2 Å². The van der Waals surface area contributed by atoms with Gasteiger partial charge in [-0.25, -0.2) is 4.39 Å². The van der Waals surface area contributed by atoms with E-state index in [1.54, 1.807) is 12.1 Å². The molecule has 2 heteroatoms. The number of hydrogen-bond donors (Lipinski definition) is 0. The van der Waals surface area contributed by atoms with Gasteiger partial charge in [-0.15, -0.1) is 0 Å². The molecule has 0 aliphatic heterocycles. The fourth-order valence-corrected chi connectivity index (χ4v) is 4.97. The lowest BCUT2D eigenvalue weighted by molar-refractivity contribution is 0.295. The average Bonchev–Trinajstić information content (AvgIpc) is 2.76. The first-order valence-corrected chi connectivity index (χ1v) is 11.4. The number of rotatable bonds is 7. The summed E-state index contributed by atoms with van der Waals surface area (Å²) >= 11 is 0. The number of nitrogens with zero attached hydrogens (tertiary/aromatic N) is 1. The maximum Gasteiger partial charge on any atom is 0.123 e. The van der Waals surface area contributed by atoms with E-state index in [0.29, 0.717) is 5.92 Å². The first-order chi connectivity index (χ1) is 14.2. The van der Waals surface area contributed by atoms with E-state index < -0.39 is 0 Å². The molecular formula is C27H34FN. The molecule has 29 heavy (non-hydrogen) atoms. The molecule has 2 aliphatic carbocycles. The smallest absolute Gasteiger partial charge is 0.123 e. The van der Waals surface area contributed by atoms with Crippen molar-refractivity contribution in [2.24, 2.45) is 17.8 Å². The normalized spacial score (nSPS) is 28.3. The Morgan fingerprint density at radius 1 is 0.862 bits per heavy atom. The Morgan fingerprint density at radius 3 is 2.10 bits per heavy atom. The van der Waals surface area contributed by atoms with Gasteiger partial charge in [0.1, 0.15) is 5.82 Å². The van der Waals surface area contributed by atoms with Crippen molar-refractivity contribution in [2.75, 3.05) is 0 Å². The van der Waals surface area contributed by atoms with Gasteiger partial charge in [0.2, 0.25) is 0 Å². The van der Waals surface area contributed by atoms with Crippen molar-refractivity contribution in [3.05, 3.63) is 72.1 Å². The van der Waals surface area contributed by atoms with Gasteiger partial charge in [0, 0.05) is 6.08 Å². The highest BCUT2D eigenvalue weighted by molar-refractivity contribution is 5.21. The van der Waals surface area contributed by atoms with Gasteiger partial charge in [0.25, 0.3) is 0 Å². The van der Waals surface area contributed by atoms with E-state index in [1.165, 1.54) is 69.4 Å². The molecule has 2 saturated carbocycles. The Labute approximate surface area is 176 Å². The third-order valence-electron chi connectivity index (χ3n) is 6.82. The first-order valence-electron chi connectivity index (χ1n) is 11.4. The van der Waals surface area contributed by atoms with Crippen molar-refractivity contribution >= 4 is 0 Å². The van der Waals surface area contributed by atoms with E-state index in [1.807, 2.05) is 30.4 Å². The van der Waals surface area contributed by atoms with E-state index in [4.69, 9.17) is 5.26 Å². The van der Waals surface area contributed by atoms with E-state index in [0.717, 1.165) is 24.2 Å². The fourth-order valence-electron chi connectivity index (χ4n) is 4.97. The minimum atomic E-state index is -0.135. The van der Waals surface area contributed by atoms with Crippen molar-refractivity contribution in [1.29, 1.82) is 5.26 Å². The van der Waals surface area contributed by atoms with Crippen LogP contribution in [0.4, 0.5) is 4.39 Å². The van der Waals surface area contributed by atoms with Crippen LogP contribution < -0.4 is 0 Å². The van der Waals surface area contributed by atoms with Crippen LogP contribution in [0.3, 0.4) is 0 Å². The molecule has 1 aromatic rings. The maximum atomic E-state index is 13.1. The van der Waals surface area contributed by atoms with Crippen LogP contribution in [0.5, 0.6) is 0 Å². The highest BCUT2D eigenvalue weighted by Gasteiger charge is 2.22. The van der Waals surface area contributed by atoms with Gasteiger partial charge >= 0.3 is 0 Å². The molecule has 2 aliphatic rings. The molecule has 1 nitrogen and oxygen atoms in total. The molecule has 3 rings (SSSR count). The third kappa shape index (κ3) is 7.32. The van der Waals surface area contributed by atoms with E-state index >= 15 is 0 Å². The van der Waals surface area contributed by atoms with Gasteiger partial charge in [0.15, 0.2) is 0 Å². The van der Waals surface area contributed by atoms with Gasteiger partial charge in [-0.2, -0.15) is 5.26 Å². The highest BCUT2D eigenvalue weighted by Crippen LogP contribution is 2.37. The molecule has 0 N–H and O–H groups in total. The summed E-state index contributed by atoms with van der Waals surface area (Å²) in [7, 11) is 0. The molecule has 0 aromatic heterocycles. The molecule has 0 amide bonds. The average molecular weight is 392 g/mol. The van der Waals surface area contributed by atoms with Crippen molar-refractivity contribution in [1.82, 2.24) is 0 Å². The Bertz CT molecular complexity index is 721. The minimum absolute atomic E-state index is 0.135. The summed E-state index contributed by atoms with van der Waals surface area (Å²) in [4.78, 5) is 0. The van der Waals surface area contributed by atoms with Crippen molar-refractivity contribution in [2.45, 2.75) is 70.1 Å². The summed E-state index contributed by atoms with van der Waals surface area (Å²) in [6.07, 6.45) is 25.3. The lowest BCUT2D eigenvalue weighted by atomic mass is 9.77. The van der Waals surface area contributed by atoms with E-state index in [9.17, 15) is 4.39 Å². The molecule has 0 radical (unpaired) electrons. The van der Waals surface area contributed by atoms with Crippen molar-refractivity contribution in [3.8, 4) is 6.07 Å². The highest BCUT2D eigenvalue weighted by atomic mass is 19.1. The predicted octanol–water partition coefficient (Wildman–Crippen LogP) is 7.88. The molecule has 0 heterocycles. The summed E-state index contributed by atoms with van der Waals surface area (Å²) in [5.41, 5.74) is 1.31. The summed E-state index contributed by atoms with van der Waals surface area (Å²) < 4.78 is 13.1. The molecule has 1 aromatic carbocycles. The zero-order valence-corrected chi connectivity index (χ0v) is 17.5. The van der Waals surface area contributed by atoms with Crippen molar-refractivity contribution < 1.29 is 4.39 Å². The lowest BCUT2D eigenvalue weighted by Crippen LogP contribution is -2.14.